The molecule has 0 aliphatic carbocycles. The number of carbonyl (C=O) groups is 1. The second kappa shape index (κ2) is 6.12. The van der Waals surface area contributed by atoms with Crippen molar-refractivity contribution in [2.45, 2.75) is 32.9 Å². The van der Waals surface area contributed by atoms with Crippen LogP contribution in [0.1, 0.15) is 29.5 Å². The van der Waals surface area contributed by atoms with Crippen molar-refractivity contribution < 1.29 is 9.53 Å². The molecule has 2 aromatic heterocycles. The minimum absolute atomic E-state index is 0.313. The Bertz CT molecular complexity index is 532. The molecular formula is C12H17N5O2. The van der Waals surface area contributed by atoms with Gasteiger partial charge in [0, 0.05) is 25.5 Å². The molecule has 7 nitrogen and oxygen atoms in total. The van der Waals surface area contributed by atoms with E-state index in [2.05, 4.69) is 20.0 Å². The van der Waals surface area contributed by atoms with Crippen molar-refractivity contribution in [1.29, 1.82) is 0 Å². The van der Waals surface area contributed by atoms with Crippen molar-refractivity contribution in [3.05, 3.63) is 30.1 Å². The van der Waals surface area contributed by atoms with Crippen LogP contribution in [-0.4, -0.2) is 37.6 Å². The molecule has 2 heterocycles. The Morgan fingerprint density at radius 1 is 1.42 bits per heavy atom. The average Bonchev–Trinajstić information content (AvgIpc) is 3.07. The molecule has 0 aliphatic rings. The molecule has 19 heavy (non-hydrogen) atoms. The zero-order chi connectivity index (χ0) is 13.7. The number of carbonyl (C=O) groups excluding carboxylic acids is 1. The van der Waals surface area contributed by atoms with Gasteiger partial charge in [-0.2, -0.15) is 0 Å². The van der Waals surface area contributed by atoms with Crippen molar-refractivity contribution >= 4 is 5.97 Å². The monoisotopic (exact) mass is 263 g/mol. The lowest BCUT2D eigenvalue weighted by Crippen LogP contribution is -2.10. The Balaban J connectivity index is 2.00. The number of hydrogen-bond donors (Lipinski definition) is 0. The van der Waals surface area contributed by atoms with E-state index in [-0.39, 0.29) is 0 Å². The van der Waals surface area contributed by atoms with Gasteiger partial charge in [-0.15, -0.1) is 5.10 Å². The summed E-state index contributed by atoms with van der Waals surface area (Å²) in [5, 5.41) is 7.91. The zero-order valence-electron chi connectivity index (χ0n) is 11.1. The molecule has 0 saturated carbocycles. The van der Waals surface area contributed by atoms with Gasteiger partial charge in [-0.1, -0.05) is 12.1 Å². The van der Waals surface area contributed by atoms with E-state index in [1.165, 1.54) is 7.11 Å². The molecule has 0 bridgehead atoms. The molecule has 0 aliphatic heterocycles. The first-order valence-corrected chi connectivity index (χ1v) is 6.22. The van der Waals surface area contributed by atoms with Gasteiger partial charge in [-0.05, 0) is 12.8 Å². The third kappa shape index (κ3) is 2.98. The summed E-state index contributed by atoms with van der Waals surface area (Å²) in [5.74, 6) is -0.433. The van der Waals surface area contributed by atoms with Crippen LogP contribution in [0.25, 0.3) is 0 Å². The van der Waals surface area contributed by atoms with Gasteiger partial charge in [-0.3, -0.25) is 0 Å². The van der Waals surface area contributed by atoms with Crippen LogP contribution in [0.5, 0.6) is 0 Å². The number of methoxy groups -OCH3 is 1. The lowest BCUT2D eigenvalue weighted by Gasteiger charge is -2.06. The Hall–Kier alpha value is -2.18. The number of nitrogens with zero attached hydrogens (tertiary/aromatic N) is 5. The molecule has 0 unspecified atom stereocenters. The lowest BCUT2D eigenvalue weighted by atomic mass is 10.2. The van der Waals surface area contributed by atoms with E-state index in [9.17, 15) is 4.79 Å². The van der Waals surface area contributed by atoms with Crippen molar-refractivity contribution in [3.8, 4) is 0 Å². The Morgan fingerprint density at radius 2 is 2.26 bits per heavy atom. The van der Waals surface area contributed by atoms with Crippen LogP contribution in [0.15, 0.2) is 18.7 Å². The summed E-state index contributed by atoms with van der Waals surface area (Å²) in [6.07, 6.45) is 7.04. The van der Waals surface area contributed by atoms with Gasteiger partial charge in [0.05, 0.1) is 19.1 Å². The molecule has 0 spiro atoms. The fourth-order valence-electron chi connectivity index (χ4n) is 1.94. The van der Waals surface area contributed by atoms with E-state index >= 15 is 0 Å². The summed E-state index contributed by atoms with van der Waals surface area (Å²) < 4.78 is 8.46. The summed E-state index contributed by atoms with van der Waals surface area (Å²) in [6, 6.07) is 0. The standard InChI is InChI=1S/C12H17N5O2/c1-3-10-11(12(18)19-2)14-15-17(10)7-4-6-16-8-5-13-9-16/h5,8-9H,3-4,6-7H2,1-2H3. The van der Waals surface area contributed by atoms with Crippen molar-refractivity contribution in [3.63, 3.8) is 0 Å². The van der Waals surface area contributed by atoms with E-state index in [0.717, 1.165) is 18.7 Å². The third-order valence-corrected chi connectivity index (χ3v) is 2.90. The van der Waals surface area contributed by atoms with E-state index in [1.807, 2.05) is 17.7 Å². The van der Waals surface area contributed by atoms with Crippen LogP contribution in [0.4, 0.5) is 0 Å². The van der Waals surface area contributed by atoms with Crippen LogP contribution in [0.2, 0.25) is 0 Å². The molecule has 102 valence electrons. The SMILES string of the molecule is CCc1c(C(=O)OC)nnn1CCCn1ccnc1. The number of rotatable bonds is 6. The lowest BCUT2D eigenvalue weighted by molar-refractivity contribution is 0.0592. The van der Waals surface area contributed by atoms with Crippen molar-refractivity contribution in [2.24, 2.45) is 0 Å². The predicted molar refractivity (Wildman–Crippen MR) is 67.6 cm³/mol. The molecule has 0 N–H and O–H groups in total. The maximum Gasteiger partial charge on any atom is 0.360 e. The van der Waals surface area contributed by atoms with Crippen molar-refractivity contribution in [2.75, 3.05) is 7.11 Å². The largest absolute Gasteiger partial charge is 0.464 e. The zero-order valence-corrected chi connectivity index (χ0v) is 11.1. The van der Waals surface area contributed by atoms with Crippen molar-refractivity contribution in [1.82, 2.24) is 24.5 Å². The molecular weight excluding hydrogens is 246 g/mol. The van der Waals surface area contributed by atoms with Gasteiger partial charge in [-0.25, -0.2) is 14.5 Å². The second-order valence-electron chi connectivity index (χ2n) is 4.11. The topological polar surface area (TPSA) is 74.8 Å². The Kier molecular flexibility index (Phi) is 4.27. The first-order valence-electron chi connectivity index (χ1n) is 6.22. The van der Waals surface area contributed by atoms with Gasteiger partial charge in [0.25, 0.3) is 0 Å². The third-order valence-electron chi connectivity index (χ3n) is 2.90. The number of aromatic nitrogens is 5. The molecule has 0 fully saturated rings. The summed E-state index contributed by atoms with van der Waals surface area (Å²) in [4.78, 5) is 15.5. The van der Waals surface area contributed by atoms with E-state index in [1.54, 1.807) is 17.2 Å². The maximum atomic E-state index is 11.5. The van der Waals surface area contributed by atoms with Crippen LogP contribution in [-0.2, 0) is 24.2 Å². The van der Waals surface area contributed by atoms with Gasteiger partial charge in [0.2, 0.25) is 0 Å². The molecule has 0 atom stereocenters. The predicted octanol–water partition coefficient (Wildman–Crippen LogP) is 0.914. The number of aryl methyl sites for hydroxylation is 2. The Morgan fingerprint density at radius 3 is 2.89 bits per heavy atom. The highest BCUT2D eigenvalue weighted by Gasteiger charge is 2.18. The molecule has 0 aromatic carbocycles. The number of imidazole rings is 1. The van der Waals surface area contributed by atoms with E-state index < -0.39 is 5.97 Å². The number of hydrogen-bond acceptors (Lipinski definition) is 5. The fourth-order valence-corrected chi connectivity index (χ4v) is 1.94. The normalized spacial score (nSPS) is 10.6. The summed E-state index contributed by atoms with van der Waals surface area (Å²) in [5.41, 5.74) is 1.13. The number of esters is 1. The minimum Gasteiger partial charge on any atom is -0.464 e. The van der Waals surface area contributed by atoms with Gasteiger partial charge in [0.15, 0.2) is 5.69 Å². The second-order valence-corrected chi connectivity index (χ2v) is 4.11. The highest BCUT2D eigenvalue weighted by Crippen LogP contribution is 2.09. The maximum absolute atomic E-state index is 11.5. The van der Waals surface area contributed by atoms with Crippen LogP contribution in [0.3, 0.4) is 0 Å². The smallest absolute Gasteiger partial charge is 0.360 e. The molecule has 0 saturated heterocycles. The molecule has 7 heteroatoms. The van der Waals surface area contributed by atoms with E-state index in [4.69, 9.17) is 0 Å². The summed E-state index contributed by atoms with van der Waals surface area (Å²) in [7, 11) is 1.35. The van der Waals surface area contributed by atoms with Gasteiger partial charge < -0.3 is 9.30 Å². The Labute approximate surface area is 111 Å². The van der Waals surface area contributed by atoms with Crippen LogP contribution >= 0.6 is 0 Å². The van der Waals surface area contributed by atoms with Gasteiger partial charge >= 0.3 is 5.97 Å². The minimum atomic E-state index is -0.433. The van der Waals surface area contributed by atoms with Crippen LogP contribution < -0.4 is 0 Å². The fraction of sp³-hybridized carbons (Fsp3) is 0.500. The molecule has 0 radical (unpaired) electrons. The number of ether oxygens (including phenoxy) is 1. The quantitative estimate of drug-likeness (QED) is 0.724. The highest BCUT2D eigenvalue weighted by atomic mass is 16.5. The average molecular weight is 263 g/mol. The van der Waals surface area contributed by atoms with Crippen LogP contribution in [0, 0.1) is 0 Å². The highest BCUT2D eigenvalue weighted by molar-refractivity contribution is 5.88. The first-order chi connectivity index (χ1) is 9.26. The van der Waals surface area contributed by atoms with Gasteiger partial charge in [0.1, 0.15) is 0 Å². The molecule has 2 aromatic rings. The first kappa shape index (κ1) is 13.3. The van der Waals surface area contributed by atoms with E-state index in [0.29, 0.717) is 18.7 Å². The summed E-state index contributed by atoms with van der Waals surface area (Å²) >= 11 is 0. The summed E-state index contributed by atoms with van der Waals surface area (Å²) in [6.45, 7) is 3.54. The molecule has 2 rings (SSSR count). The molecule has 0 amide bonds.